The van der Waals surface area contributed by atoms with E-state index in [0.717, 1.165) is 46.5 Å². The van der Waals surface area contributed by atoms with Crippen LogP contribution in [0.4, 0.5) is 13.2 Å². The third-order valence-electron chi connectivity index (χ3n) is 6.68. The number of nitrogens with one attached hydrogen (secondary N) is 1. The second kappa shape index (κ2) is 11.0. The Hall–Kier alpha value is -3.89. The molecule has 1 amide bonds. The van der Waals surface area contributed by atoms with Crippen molar-refractivity contribution in [2.45, 2.75) is 39.5 Å². The van der Waals surface area contributed by atoms with Crippen LogP contribution in [-0.4, -0.2) is 23.9 Å². The highest BCUT2D eigenvalue weighted by Crippen LogP contribution is 2.33. The van der Waals surface area contributed by atoms with Crippen LogP contribution in [0.1, 0.15) is 45.4 Å². The number of nitrogens with zero attached hydrogens (tertiary/aromatic N) is 2. The topological polar surface area (TPSA) is 56.1 Å². The number of hydrogen-bond acceptors (Lipinski definition) is 3. The summed E-state index contributed by atoms with van der Waals surface area (Å²) >= 11 is 0. The van der Waals surface area contributed by atoms with Crippen LogP contribution < -0.4 is 5.32 Å². The van der Waals surface area contributed by atoms with Gasteiger partial charge in [0.2, 0.25) is 5.91 Å². The molecule has 1 aliphatic heterocycles. The minimum atomic E-state index is -4.40. The number of carbonyl (C=O) groups is 1. The minimum Gasteiger partial charge on any atom is -0.348 e. The lowest BCUT2D eigenvalue weighted by atomic mass is 9.87. The molecule has 3 aromatic rings. The third kappa shape index (κ3) is 6.28. The predicted molar refractivity (Wildman–Crippen MR) is 137 cm³/mol. The molecule has 1 N–H and O–H groups in total. The number of carbonyl (C=O) groups excluding carboxylic acids is 1. The van der Waals surface area contributed by atoms with Crippen LogP contribution >= 0.6 is 0 Å². The summed E-state index contributed by atoms with van der Waals surface area (Å²) in [5.74, 6) is -0.229. The van der Waals surface area contributed by atoms with Crippen LogP contribution in [0.15, 0.2) is 72.3 Å². The van der Waals surface area contributed by atoms with Crippen LogP contribution in [0.3, 0.4) is 0 Å². The van der Waals surface area contributed by atoms with Crippen LogP contribution in [0.2, 0.25) is 0 Å². The van der Waals surface area contributed by atoms with Crippen molar-refractivity contribution in [2.75, 3.05) is 13.1 Å². The Morgan fingerprint density at radius 1 is 1.00 bits per heavy atom. The maximum Gasteiger partial charge on any atom is 0.416 e. The van der Waals surface area contributed by atoms with E-state index >= 15 is 0 Å². The minimum absolute atomic E-state index is 0.130. The summed E-state index contributed by atoms with van der Waals surface area (Å²) in [7, 11) is 0. The fourth-order valence-corrected chi connectivity index (χ4v) is 4.83. The normalized spacial score (nSPS) is 14.4. The van der Waals surface area contributed by atoms with Gasteiger partial charge in [-0.05, 0) is 77.9 Å². The van der Waals surface area contributed by atoms with Crippen molar-refractivity contribution in [3.05, 3.63) is 111 Å². The zero-order valence-corrected chi connectivity index (χ0v) is 20.8. The van der Waals surface area contributed by atoms with E-state index in [-0.39, 0.29) is 12.5 Å². The fourth-order valence-electron chi connectivity index (χ4n) is 4.83. The maximum absolute atomic E-state index is 13.5. The van der Waals surface area contributed by atoms with Gasteiger partial charge in [0.15, 0.2) is 0 Å². The van der Waals surface area contributed by atoms with Crippen molar-refractivity contribution in [1.29, 1.82) is 5.26 Å². The first kappa shape index (κ1) is 26.2. The second-order valence-electron chi connectivity index (χ2n) is 9.37. The highest BCUT2D eigenvalue weighted by Gasteiger charge is 2.30. The molecule has 1 heterocycles. The summed E-state index contributed by atoms with van der Waals surface area (Å²) in [5, 5.41) is 12.1. The first-order valence-electron chi connectivity index (χ1n) is 12.1. The third-order valence-corrected chi connectivity index (χ3v) is 6.68. The molecule has 0 saturated carbocycles. The van der Waals surface area contributed by atoms with Crippen LogP contribution in [0.5, 0.6) is 0 Å². The van der Waals surface area contributed by atoms with Crippen molar-refractivity contribution in [1.82, 2.24) is 10.2 Å². The molecule has 3 aromatic carbocycles. The summed E-state index contributed by atoms with van der Waals surface area (Å²) in [6.45, 7) is 5.99. The number of benzene rings is 3. The summed E-state index contributed by atoms with van der Waals surface area (Å²) in [6.07, 6.45) is -3.71. The molecule has 0 radical (unpaired) electrons. The number of amides is 1. The molecule has 0 saturated heterocycles. The van der Waals surface area contributed by atoms with Gasteiger partial charge in [-0.15, -0.1) is 0 Å². The van der Waals surface area contributed by atoms with Gasteiger partial charge in [-0.3, -0.25) is 9.69 Å². The van der Waals surface area contributed by atoms with Gasteiger partial charge >= 0.3 is 6.18 Å². The van der Waals surface area contributed by atoms with Gasteiger partial charge in [0.25, 0.3) is 0 Å². The number of rotatable bonds is 6. The Kier molecular flexibility index (Phi) is 7.80. The number of hydrogen-bond donors (Lipinski definition) is 1. The largest absolute Gasteiger partial charge is 0.416 e. The molecule has 0 aromatic heterocycles. The zero-order valence-electron chi connectivity index (χ0n) is 20.8. The van der Waals surface area contributed by atoms with Crippen molar-refractivity contribution in [2.24, 2.45) is 0 Å². The quantitative estimate of drug-likeness (QED) is 0.438. The van der Waals surface area contributed by atoms with Gasteiger partial charge in [-0.25, -0.2) is 0 Å². The van der Waals surface area contributed by atoms with E-state index in [1.807, 2.05) is 50.2 Å². The summed E-state index contributed by atoms with van der Waals surface area (Å²) in [4.78, 5) is 15.7. The predicted octanol–water partition coefficient (Wildman–Crippen LogP) is 6.17. The lowest BCUT2D eigenvalue weighted by Crippen LogP contribution is -2.37. The SMILES string of the molecule is Cc1cccc(C)c1C1=C(C(=O)NCc2ccc(C(F)(F)F)cc2)CN(Cc2cccc(C#N)c2)CC1. The van der Waals surface area contributed by atoms with Gasteiger partial charge in [0, 0.05) is 31.8 Å². The van der Waals surface area contributed by atoms with Crippen LogP contribution in [-0.2, 0) is 24.1 Å². The van der Waals surface area contributed by atoms with Gasteiger partial charge in [0.1, 0.15) is 0 Å². The van der Waals surface area contributed by atoms with E-state index in [9.17, 15) is 23.2 Å². The molecule has 1 aliphatic rings. The van der Waals surface area contributed by atoms with Gasteiger partial charge in [-0.1, -0.05) is 42.5 Å². The van der Waals surface area contributed by atoms with Crippen LogP contribution in [0, 0.1) is 25.2 Å². The monoisotopic (exact) mass is 503 g/mol. The fraction of sp³-hybridized carbons (Fsp3) is 0.267. The molecular formula is C30H28F3N3O. The summed E-state index contributed by atoms with van der Waals surface area (Å²) in [6, 6.07) is 20.5. The van der Waals surface area contributed by atoms with Crippen molar-refractivity contribution in [3.8, 4) is 6.07 Å². The van der Waals surface area contributed by atoms with Crippen LogP contribution in [0.25, 0.3) is 5.57 Å². The zero-order chi connectivity index (χ0) is 26.6. The molecule has 0 atom stereocenters. The van der Waals surface area contributed by atoms with Crippen molar-refractivity contribution in [3.63, 3.8) is 0 Å². The first-order valence-corrected chi connectivity index (χ1v) is 12.1. The van der Waals surface area contributed by atoms with E-state index in [2.05, 4.69) is 16.3 Å². The molecule has 7 heteroatoms. The number of alkyl halides is 3. The van der Waals surface area contributed by atoms with E-state index in [1.54, 1.807) is 6.07 Å². The Labute approximate surface area is 215 Å². The van der Waals surface area contributed by atoms with Gasteiger partial charge in [0.05, 0.1) is 17.2 Å². The summed E-state index contributed by atoms with van der Waals surface area (Å²) in [5.41, 5.74) is 6.40. The van der Waals surface area contributed by atoms with E-state index in [4.69, 9.17) is 0 Å². The molecule has 4 rings (SSSR count). The lowest BCUT2D eigenvalue weighted by molar-refractivity contribution is -0.137. The van der Waals surface area contributed by atoms with E-state index in [0.29, 0.717) is 36.2 Å². The number of halogens is 3. The smallest absolute Gasteiger partial charge is 0.348 e. The van der Waals surface area contributed by atoms with E-state index in [1.165, 1.54) is 12.1 Å². The Balaban J connectivity index is 1.59. The Morgan fingerprint density at radius 3 is 2.32 bits per heavy atom. The Morgan fingerprint density at radius 2 is 1.68 bits per heavy atom. The standard InChI is InChI=1S/C30H28F3N3O/c1-20-5-3-6-21(2)28(20)26-13-14-36(18-24-8-4-7-23(15-24)16-34)19-27(26)29(37)35-17-22-9-11-25(12-10-22)30(31,32)33/h3-12,15H,13-14,17-19H2,1-2H3,(H,35,37). The highest BCUT2D eigenvalue weighted by molar-refractivity contribution is 6.02. The lowest BCUT2D eigenvalue weighted by Gasteiger charge is -2.31. The highest BCUT2D eigenvalue weighted by atomic mass is 19.4. The molecule has 37 heavy (non-hydrogen) atoms. The maximum atomic E-state index is 13.5. The second-order valence-corrected chi connectivity index (χ2v) is 9.37. The van der Waals surface area contributed by atoms with Crippen molar-refractivity contribution >= 4 is 11.5 Å². The molecule has 0 aliphatic carbocycles. The molecule has 0 fully saturated rings. The van der Waals surface area contributed by atoms with Gasteiger partial charge in [-0.2, -0.15) is 18.4 Å². The average Bonchev–Trinajstić information content (AvgIpc) is 2.87. The van der Waals surface area contributed by atoms with Crippen molar-refractivity contribution < 1.29 is 18.0 Å². The first-order chi connectivity index (χ1) is 17.7. The van der Waals surface area contributed by atoms with E-state index < -0.39 is 11.7 Å². The molecule has 4 nitrogen and oxygen atoms in total. The molecule has 0 bridgehead atoms. The molecule has 190 valence electrons. The number of aryl methyl sites for hydroxylation is 2. The average molecular weight is 504 g/mol. The number of nitriles is 1. The Bertz CT molecular complexity index is 1350. The van der Waals surface area contributed by atoms with Gasteiger partial charge < -0.3 is 5.32 Å². The molecule has 0 unspecified atom stereocenters. The molecule has 0 spiro atoms. The molecular weight excluding hydrogens is 475 g/mol. The summed E-state index contributed by atoms with van der Waals surface area (Å²) < 4.78 is 38.7.